The fraction of sp³-hybridized carbons (Fsp3) is 0.733. The SMILES string of the molecule is CC1(C)C2CCC1(C)C(C=C(CC(=O)O)C(=O)O)C2. The first-order valence-electron chi connectivity index (χ1n) is 6.84. The molecule has 2 N–H and O–H groups in total. The molecule has 2 aliphatic carbocycles. The van der Waals surface area contributed by atoms with Crippen molar-refractivity contribution < 1.29 is 19.8 Å². The fourth-order valence-corrected chi connectivity index (χ4v) is 4.13. The number of hydrogen-bond donors (Lipinski definition) is 2. The van der Waals surface area contributed by atoms with E-state index in [1.807, 2.05) is 0 Å². The van der Waals surface area contributed by atoms with Crippen molar-refractivity contribution in [2.75, 3.05) is 0 Å². The molecule has 0 saturated heterocycles. The highest BCUT2D eigenvalue weighted by molar-refractivity contribution is 5.92. The lowest BCUT2D eigenvalue weighted by molar-refractivity contribution is -0.139. The molecular formula is C15H22O4. The number of fused-ring (bicyclic) bond motifs is 2. The number of hydrogen-bond acceptors (Lipinski definition) is 2. The Kier molecular flexibility index (Phi) is 3.23. The average molecular weight is 266 g/mol. The van der Waals surface area contributed by atoms with Crippen molar-refractivity contribution in [2.24, 2.45) is 22.7 Å². The van der Waals surface area contributed by atoms with Gasteiger partial charge in [-0.15, -0.1) is 0 Å². The van der Waals surface area contributed by atoms with Crippen LogP contribution in [0.15, 0.2) is 11.6 Å². The Bertz CT molecular complexity index is 449. The molecule has 0 aromatic rings. The summed E-state index contributed by atoms with van der Waals surface area (Å²) in [6.07, 6.45) is 4.62. The summed E-state index contributed by atoms with van der Waals surface area (Å²) in [5, 5.41) is 17.9. The van der Waals surface area contributed by atoms with Gasteiger partial charge >= 0.3 is 11.9 Å². The van der Waals surface area contributed by atoms with E-state index in [1.165, 1.54) is 6.42 Å². The zero-order chi connectivity index (χ0) is 14.4. The fourth-order valence-electron chi connectivity index (χ4n) is 4.13. The van der Waals surface area contributed by atoms with E-state index in [4.69, 9.17) is 10.2 Å². The molecule has 0 radical (unpaired) electrons. The summed E-state index contributed by atoms with van der Waals surface area (Å²) in [6.45, 7) is 6.74. The van der Waals surface area contributed by atoms with Crippen LogP contribution in [-0.4, -0.2) is 22.2 Å². The molecule has 3 unspecified atom stereocenters. The predicted octanol–water partition coefficient (Wildman–Crippen LogP) is 2.93. The van der Waals surface area contributed by atoms with E-state index in [-0.39, 0.29) is 22.3 Å². The van der Waals surface area contributed by atoms with Gasteiger partial charge in [0.15, 0.2) is 0 Å². The van der Waals surface area contributed by atoms with Crippen molar-refractivity contribution in [3.05, 3.63) is 11.6 Å². The highest BCUT2D eigenvalue weighted by Crippen LogP contribution is 2.68. The lowest BCUT2D eigenvalue weighted by Crippen LogP contribution is -2.31. The van der Waals surface area contributed by atoms with Gasteiger partial charge in [0, 0.05) is 5.57 Å². The van der Waals surface area contributed by atoms with Gasteiger partial charge in [-0.3, -0.25) is 4.79 Å². The Morgan fingerprint density at radius 1 is 1.26 bits per heavy atom. The third-order valence-corrected chi connectivity index (χ3v) is 5.88. The van der Waals surface area contributed by atoms with Crippen LogP contribution in [0.5, 0.6) is 0 Å². The van der Waals surface area contributed by atoms with Gasteiger partial charge < -0.3 is 10.2 Å². The Balaban J connectivity index is 2.28. The van der Waals surface area contributed by atoms with Gasteiger partial charge in [0.05, 0.1) is 6.42 Å². The second kappa shape index (κ2) is 4.36. The highest BCUT2D eigenvalue weighted by atomic mass is 16.4. The molecule has 0 heterocycles. The van der Waals surface area contributed by atoms with E-state index in [0.29, 0.717) is 5.92 Å². The maximum absolute atomic E-state index is 11.2. The third-order valence-electron chi connectivity index (χ3n) is 5.88. The summed E-state index contributed by atoms with van der Waals surface area (Å²) in [5.41, 5.74) is 0.333. The lowest BCUT2D eigenvalue weighted by atomic mass is 9.66. The molecule has 0 spiro atoms. The van der Waals surface area contributed by atoms with Gasteiger partial charge in [-0.25, -0.2) is 4.79 Å². The van der Waals surface area contributed by atoms with Gasteiger partial charge in [-0.05, 0) is 41.9 Å². The molecular weight excluding hydrogens is 244 g/mol. The van der Waals surface area contributed by atoms with Crippen molar-refractivity contribution >= 4 is 11.9 Å². The number of carboxylic acid groups (broad SMARTS) is 2. The predicted molar refractivity (Wildman–Crippen MR) is 70.7 cm³/mol. The van der Waals surface area contributed by atoms with E-state index in [1.54, 1.807) is 6.08 Å². The first-order chi connectivity index (χ1) is 8.68. The van der Waals surface area contributed by atoms with Gasteiger partial charge in [0.2, 0.25) is 0 Å². The molecule has 2 rings (SSSR count). The number of carbonyl (C=O) groups is 2. The molecule has 0 aromatic heterocycles. The highest BCUT2D eigenvalue weighted by Gasteiger charge is 2.60. The first-order valence-corrected chi connectivity index (χ1v) is 6.84. The van der Waals surface area contributed by atoms with E-state index in [9.17, 15) is 9.59 Å². The molecule has 4 nitrogen and oxygen atoms in total. The molecule has 2 bridgehead atoms. The normalized spacial score (nSPS) is 36.5. The molecule has 0 aromatic carbocycles. The summed E-state index contributed by atoms with van der Waals surface area (Å²) in [6, 6.07) is 0. The zero-order valence-electron chi connectivity index (χ0n) is 11.8. The summed E-state index contributed by atoms with van der Waals surface area (Å²) < 4.78 is 0. The number of allylic oxidation sites excluding steroid dienone is 1. The minimum atomic E-state index is -1.11. The standard InChI is InChI=1S/C15H22O4/c1-14(2)10-4-5-15(14,3)11(8-10)6-9(13(18)19)7-12(16)17/h6,10-11H,4-5,7-8H2,1-3H3,(H,16,17)(H,18,19). The van der Waals surface area contributed by atoms with E-state index in [2.05, 4.69) is 20.8 Å². The summed E-state index contributed by atoms with van der Waals surface area (Å²) in [4.78, 5) is 21.9. The van der Waals surface area contributed by atoms with Crippen LogP contribution in [-0.2, 0) is 9.59 Å². The topological polar surface area (TPSA) is 74.6 Å². The second-order valence-electron chi connectivity index (χ2n) is 6.78. The Morgan fingerprint density at radius 3 is 2.26 bits per heavy atom. The molecule has 2 fully saturated rings. The zero-order valence-corrected chi connectivity index (χ0v) is 11.8. The van der Waals surface area contributed by atoms with Crippen LogP contribution in [0.3, 0.4) is 0 Å². The summed E-state index contributed by atoms with van der Waals surface area (Å²) in [5.74, 6) is -1.38. The lowest BCUT2D eigenvalue weighted by Gasteiger charge is -2.38. The summed E-state index contributed by atoms with van der Waals surface area (Å²) in [7, 11) is 0. The smallest absolute Gasteiger partial charge is 0.331 e. The second-order valence-corrected chi connectivity index (χ2v) is 6.78. The van der Waals surface area contributed by atoms with Crippen LogP contribution >= 0.6 is 0 Å². The first kappa shape index (κ1) is 14.1. The van der Waals surface area contributed by atoms with E-state index >= 15 is 0 Å². The largest absolute Gasteiger partial charge is 0.481 e. The number of rotatable bonds is 4. The Labute approximate surface area is 113 Å². The van der Waals surface area contributed by atoms with E-state index in [0.717, 1.165) is 12.8 Å². The van der Waals surface area contributed by atoms with E-state index < -0.39 is 18.4 Å². The minimum Gasteiger partial charge on any atom is -0.481 e. The Morgan fingerprint density at radius 2 is 1.89 bits per heavy atom. The van der Waals surface area contributed by atoms with Gasteiger partial charge in [0.25, 0.3) is 0 Å². The van der Waals surface area contributed by atoms with Crippen molar-refractivity contribution in [1.29, 1.82) is 0 Å². The third kappa shape index (κ3) is 2.07. The van der Waals surface area contributed by atoms with Crippen LogP contribution < -0.4 is 0 Å². The van der Waals surface area contributed by atoms with Crippen LogP contribution in [0, 0.1) is 22.7 Å². The molecule has 0 amide bonds. The monoisotopic (exact) mass is 266 g/mol. The minimum absolute atomic E-state index is 0.0297. The quantitative estimate of drug-likeness (QED) is 0.767. The van der Waals surface area contributed by atoms with Gasteiger partial charge in [-0.1, -0.05) is 26.8 Å². The number of aliphatic carboxylic acids is 2. The van der Waals surface area contributed by atoms with Gasteiger partial charge in [0.1, 0.15) is 0 Å². The number of carboxylic acids is 2. The van der Waals surface area contributed by atoms with Crippen molar-refractivity contribution in [1.82, 2.24) is 0 Å². The molecule has 106 valence electrons. The molecule has 2 saturated carbocycles. The van der Waals surface area contributed by atoms with Crippen LogP contribution in [0.2, 0.25) is 0 Å². The maximum Gasteiger partial charge on any atom is 0.331 e. The van der Waals surface area contributed by atoms with Crippen LogP contribution in [0.25, 0.3) is 0 Å². The summed E-state index contributed by atoms with van der Waals surface area (Å²) >= 11 is 0. The van der Waals surface area contributed by atoms with Crippen molar-refractivity contribution in [2.45, 2.75) is 46.5 Å². The Hall–Kier alpha value is -1.32. The van der Waals surface area contributed by atoms with Crippen molar-refractivity contribution in [3.63, 3.8) is 0 Å². The molecule has 0 aliphatic heterocycles. The van der Waals surface area contributed by atoms with Gasteiger partial charge in [-0.2, -0.15) is 0 Å². The maximum atomic E-state index is 11.2. The van der Waals surface area contributed by atoms with Crippen molar-refractivity contribution in [3.8, 4) is 0 Å². The van der Waals surface area contributed by atoms with Crippen LogP contribution in [0.4, 0.5) is 0 Å². The molecule has 4 heteroatoms. The van der Waals surface area contributed by atoms with Crippen LogP contribution in [0.1, 0.15) is 46.5 Å². The molecule has 2 aliphatic rings. The molecule has 3 atom stereocenters. The molecule has 19 heavy (non-hydrogen) atoms. The average Bonchev–Trinajstić information content (AvgIpc) is 2.60.